The van der Waals surface area contributed by atoms with Gasteiger partial charge in [-0.1, -0.05) is 13.8 Å². The topological polar surface area (TPSA) is 15.3 Å². The molecular weight excluding hydrogens is 172 g/mol. The van der Waals surface area contributed by atoms with E-state index in [-0.39, 0.29) is 0 Å². The third kappa shape index (κ3) is 2.96. The Hall–Kier alpha value is -0.0800. The zero-order chi connectivity index (χ0) is 10.6. The first-order valence-corrected chi connectivity index (χ1v) is 6.13. The van der Waals surface area contributed by atoms with E-state index in [2.05, 4.69) is 37.9 Å². The Bertz CT molecular complexity index is 156. The van der Waals surface area contributed by atoms with Crippen molar-refractivity contribution in [1.82, 2.24) is 10.2 Å². The molecule has 1 N–H and O–H groups in total. The van der Waals surface area contributed by atoms with Crippen molar-refractivity contribution in [2.75, 3.05) is 19.6 Å². The number of likely N-dealkylation sites (N-methyl/N-ethyl adjacent to an activating group) is 1. The van der Waals surface area contributed by atoms with Crippen LogP contribution in [0.5, 0.6) is 0 Å². The molecule has 0 radical (unpaired) electrons. The lowest BCUT2D eigenvalue weighted by Crippen LogP contribution is -2.52. The highest BCUT2D eigenvalue weighted by atomic mass is 15.2. The van der Waals surface area contributed by atoms with Gasteiger partial charge in [0, 0.05) is 18.6 Å². The molecule has 0 aromatic heterocycles. The molecule has 2 atom stereocenters. The highest BCUT2D eigenvalue weighted by Gasteiger charge is 2.29. The van der Waals surface area contributed by atoms with Gasteiger partial charge in [0.25, 0.3) is 0 Å². The fourth-order valence-electron chi connectivity index (χ4n) is 2.53. The summed E-state index contributed by atoms with van der Waals surface area (Å²) >= 11 is 0. The van der Waals surface area contributed by atoms with Gasteiger partial charge in [0.1, 0.15) is 0 Å². The van der Waals surface area contributed by atoms with Crippen LogP contribution in [-0.2, 0) is 0 Å². The summed E-state index contributed by atoms with van der Waals surface area (Å²) in [6.45, 7) is 12.8. The van der Waals surface area contributed by atoms with E-state index in [0.717, 1.165) is 25.0 Å². The van der Waals surface area contributed by atoms with Crippen LogP contribution in [0.25, 0.3) is 0 Å². The van der Waals surface area contributed by atoms with Crippen molar-refractivity contribution in [3.63, 3.8) is 0 Å². The monoisotopic (exact) mass is 198 g/mol. The molecule has 2 heteroatoms. The molecule has 1 fully saturated rings. The number of nitrogens with one attached hydrogen (secondary N) is 1. The van der Waals surface area contributed by atoms with E-state index in [1.807, 2.05) is 0 Å². The number of piperidine rings is 1. The first-order valence-electron chi connectivity index (χ1n) is 6.13. The standard InChI is InChI=1S/C12H26N2/c1-5-13-9-12-11(4)7-6-8-14(12)10(2)3/h10-13H,5-9H2,1-4H3. The molecule has 84 valence electrons. The van der Waals surface area contributed by atoms with Crippen LogP contribution >= 0.6 is 0 Å². The molecule has 0 aromatic rings. The summed E-state index contributed by atoms with van der Waals surface area (Å²) < 4.78 is 0. The number of nitrogens with zero attached hydrogens (tertiary/aromatic N) is 1. The van der Waals surface area contributed by atoms with Gasteiger partial charge in [-0.2, -0.15) is 0 Å². The van der Waals surface area contributed by atoms with Gasteiger partial charge < -0.3 is 5.32 Å². The van der Waals surface area contributed by atoms with Crippen molar-refractivity contribution in [3.05, 3.63) is 0 Å². The van der Waals surface area contributed by atoms with Gasteiger partial charge >= 0.3 is 0 Å². The third-order valence-corrected chi connectivity index (χ3v) is 3.43. The SMILES string of the molecule is CCNCC1C(C)CCCN1C(C)C. The van der Waals surface area contributed by atoms with Gasteiger partial charge in [-0.15, -0.1) is 0 Å². The number of hydrogen-bond donors (Lipinski definition) is 1. The summed E-state index contributed by atoms with van der Waals surface area (Å²) in [4.78, 5) is 2.66. The van der Waals surface area contributed by atoms with Crippen molar-refractivity contribution < 1.29 is 0 Å². The Balaban J connectivity index is 2.52. The predicted molar refractivity (Wildman–Crippen MR) is 62.6 cm³/mol. The Morgan fingerprint density at radius 3 is 2.71 bits per heavy atom. The van der Waals surface area contributed by atoms with Crippen LogP contribution < -0.4 is 5.32 Å². The van der Waals surface area contributed by atoms with Crippen LogP contribution in [0.15, 0.2) is 0 Å². The lowest BCUT2D eigenvalue weighted by atomic mass is 9.89. The molecule has 0 aliphatic carbocycles. The summed E-state index contributed by atoms with van der Waals surface area (Å²) in [6.07, 6.45) is 2.78. The van der Waals surface area contributed by atoms with Crippen LogP contribution in [0.1, 0.15) is 40.5 Å². The molecule has 2 nitrogen and oxygen atoms in total. The molecule has 1 aliphatic heterocycles. The first kappa shape index (κ1) is 12.0. The number of hydrogen-bond acceptors (Lipinski definition) is 2. The van der Waals surface area contributed by atoms with E-state index in [4.69, 9.17) is 0 Å². The van der Waals surface area contributed by atoms with Gasteiger partial charge in [0.05, 0.1) is 0 Å². The van der Waals surface area contributed by atoms with E-state index in [9.17, 15) is 0 Å². The van der Waals surface area contributed by atoms with E-state index in [1.165, 1.54) is 19.4 Å². The molecule has 2 unspecified atom stereocenters. The van der Waals surface area contributed by atoms with E-state index in [0.29, 0.717) is 6.04 Å². The van der Waals surface area contributed by atoms with Crippen LogP contribution in [0, 0.1) is 5.92 Å². The summed E-state index contributed by atoms with van der Waals surface area (Å²) in [5.41, 5.74) is 0. The summed E-state index contributed by atoms with van der Waals surface area (Å²) in [7, 11) is 0. The smallest absolute Gasteiger partial charge is 0.0248 e. The molecule has 0 bridgehead atoms. The fourth-order valence-corrected chi connectivity index (χ4v) is 2.53. The molecular formula is C12H26N2. The van der Waals surface area contributed by atoms with Crippen molar-refractivity contribution in [2.45, 2.75) is 52.6 Å². The lowest BCUT2D eigenvalue weighted by Gasteiger charge is -2.42. The highest BCUT2D eigenvalue weighted by molar-refractivity contribution is 4.85. The molecule has 1 rings (SSSR count). The molecule has 0 saturated carbocycles. The second kappa shape index (κ2) is 5.72. The summed E-state index contributed by atoms with van der Waals surface area (Å²) in [5.74, 6) is 0.852. The fraction of sp³-hybridized carbons (Fsp3) is 1.00. The van der Waals surface area contributed by atoms with Gasteiger partial charge in [-0.25, -0.2) is 0 Å². The predicted octanol–water partition coefficient (Wildman–Crippen LogP) is 2.10. The first-order chi connectivity index (χ1) is 6.66. The van der Waals surface area contributed by atoms with Crippen LogP contribution in [0.2, 0.25) is 0 Å². The molecule has 1 aliphatic rings. The van der Waals surface area contributed by atoms with Crippen LogP contribution in [0.3, 0.4) is 0 Å². The number of likely N-dealkylation sites (tertiary alicyclic amines) is 1. The average Bonchev–Trinajstić information content (AvgIpc) is 2.15. The summed E-state index contributed by atoms with van der Waals surface area (Å²) in [6, 6.07) is 1.45. The molecule has 0 amide bonds. The quantitative estimate of drug-likeness (QED) is 0.744. The molecule has 14 heavy (non-hydrogen) atoms. The third-order valence-electron chi connectivity index (χ3n) is 3.43. The summed E-state index contributed by atoms with van der Waals surface area (Å²) in [5, 5.41) is 3.49. The average molecular weight is 198 g/mol. The minimum Gasteiger partial charge on any atom is -0.315 e. The van der Waals surface area contributed by atoms with Crippen LogP contribution in [-0.4, -0.2) is 36.6 Å². The Labute approximate surface area is 89.1 Å². The second-order valence-electron chi connectivity index (χ2n) is 4.83. The maximum atomic E-state index is 3.49. The number of rotatable bonds is 4. The highest BCUT2D eigenvalue weighted by Crippen LogP contribution is 2.24. The van der Waals surface area contributed by atoms with Gasteiger partial charge in [0.15, 0.2) is 0 Å². The normalized spacial score (nSPS) is 29.8. The second-order valence-corrected chi connectivity index (χ2v) is 4.83. The molecule has 0 spiro atoms. The molecule has 1 heterocycles. The largest absolute Gasteiger partial charge is 0.315 e. The van der Waals surface area contributed by atoms with E-state index < -0.39 is 0 Å². The van der Waals surface area contributed by atoms with Crippen molar-refractivity contribution in [1.29, 1.82) is 0 Å². The van der Waals surface area contributed by atoms with Gasteiger partial charge in [-0.05, 0) is 45.7 Å². The maximum absolute atomic E-state index is 3.49. The molecule has 1 saturated heterocycles. The van der Waals surface area contributed by atoms with E-state index >= 15 is 0 Å². The van der Waals surface area contributed by atoms with Crippen molar-refractivity contribution in [2.24, 2.45) is 5.92 Å². The zero-order valence-corrected chi connectivity index (χ0v) is 10.2. The Kier molecular flexibility index (Phi) is 4.90. The molecule has 0 aromatic carbocycles. The minimum absolute atomic E-state index is 0.696. The van der Waals surface area contributed by atoms with Crippen LogP contribution in [0.4, 0.5) is 0 Å². The van der Waals surface area contributed by atoms with Gasteiger partial charge in [0.2, 0.25) is 0 Å². The Morgan fingerprint density at radius 2 is 2.14 bits per heavy atom. The zero-order valence-electron chi connectivity index (χ0n) is 10.2. The van der Waals surface area contributed by atoms with E-state index in [1.54, 1.807) is 0 Å². The Morgan fingerprint density at radius 1 is 1.43 bits per heavy atom. The lowest BCUT2D eigenvalue weighted by molar-refractivity contribution is 0.0711. The van der Waals surface area contributed by atoms with Gasteiger partial charge in [-0.3, -0.25) is 4.90 Å². The maximum Gasteiger partial charge on any atom is 0.0248 e. The minimum atomic E-state index is 0.696. The van der Waals surface area contributed by atoms with Crippen molar-refractivity contribution >= 4 is 0 Å². The van der Waals surface area contributed by atoms with Crippen molar-refractivity contribution in [3.8, 4) is 0 Å².